The molecular formula is C10H12BrO. The SMILES string of the molecule is [CH2]CCc1ccc(Br)cc1OC. The van der Waals surface area contributed by atoms with Crippen molar-refractivity contribution in [1.29, 1.82) is 0 Å². The van der Waals surface area contributed by atoms with E-state index in [1.54, 1.807) is 7.11 Å². The normalized spacial score (nSPS) is 9.92. The largest absolute Gasteiger partial charge is 0.496 e. The molecule has 0 heterocycles. The van der Waals surface area contributed by atoms with Crippen LogP contribution in [-0.2, 0) is 6.42 Å². The predicted molar refractivity (Wildman–Crippen MR) is 54.4 cm³/mol. The van der Waals surface area contributed by atoms with E-state index in [0.29, 0.717) is 0 Å². The molecule has 0 saturated carbocycles. The van der Waals surface area contributed by atoms with Gasteiger partial charge in [0.15, 0.2) is 0 Å². The molecule has 0 bridgehead atoms. The zero-order chi connectivity index (χ0) is 8.97. The molecule has 0 amide bonds. The van der Waals surface area contributed by atoms with Crippen LogP contribution in [0.1, 0.15) is 12.0 Å². The van der Waals surface area contributed by atoms with Crippen LogP contribution >= 0.6 is 15.9 Å². The molecule has 1 aromatic carbocycles. The van der Waals surface area contributed by atoms with Gasteiger partial charge in [-0.25, -0.2) is 0 Å². The van der Waals surface area contributed by atoms with E-state index in [1.165, 1.54) is 5.56 Å². The summed E-state index contributed by atoms with van der Waals surface area (Å²) in [7, 11) is 1.69. The minimum atomic E-state index is 0.901. The quantitative estimate of drug-likeness (QED) is 0.771. The van der Waals surface area contributed by atoms with Crippen molar-refractivity contribution < 1.29 is 4.74 Å². The van der Waals surface area contributed by atoms with Gasteiger partial charge in [-0.15, -0.1) is 0 Å². The Kier molecular flexibility index (Phi) is 3.60. The molecule has 1 aromatic rings. The van der Waals surface area contributed by atoms with Crippen LogP contribution in [0.3, 0.4) is 0 Å². The van der Waals surface area contributed by atoms with E-state index in [2.05, 4.69) is 28.9 Å². The number of methoxy groups -OCH3 is 1. The highest BCUT2D eigenvalue weighted by Crippen LogP contribution is 2.24. The third-order valence-corrected chi connectivity index (χ3v) is 2.19. The van der Waals surface area contributed by atoms with Gasteiger partial charge in [-0.05, 0) is 30.5 Å². The smallest absolute Gasteiger partial charge is 0.123 e. The number of ether oxygens (including phenoxy) is 1. The van der Waals surface area contributed by atoms with Crippen molar-refractivity contribution in [2.45, 2.75) is 12.8 Å². The lowest BCUT2D eigenvalue weighted by atomic mass is 10.1. The van der Waals surface area contributed by atoms with E-state index < -0.39 is 0 Å². The molecule has 0 aliphatic heterocycles. The van der Waals surface area contributed by atoms with Crippen molar-refractivity contribution in [3.63, 3.8) is 0 Å². The Morgan fingerprint density at radius 3 is 2.83 bits per heavy atom. The van der Waals surface area contributed by atoms with E-state index in [9.17, 15) is 0 Å². The van der Waals surface area contributed by atoms with E-state index >= 15 is 0 Å². The number of rotatable bonds is 3. The maximum atomic E-state index is 5.22. The fourth-order valence-electron chi connectivity index (χ4n) is 1.12. The van der Waals surface area contributed by atoms with Gasteiger partial charge in [-0.1, -0.05) is 28.9 Å². The second kappa shape index (κ2) is 4.51. The molecule has 2 heteroatoms. The monoisotopic (exact) mass is 227 g/mol. The van der Waals surface area contributed by atoms with E-state index in [4.69, 9.17) is 4.74 Å². The molecule has 0 fully saturated rings. The first-order valence-corrected chi connectivity index (χ1v) is 4.69. The molecule has 65 valence electrons. The van der Waals surface area contributed by atoms with E-state index in [1.807, 2.05) is 12.1 Å². The number of aryl methyl sites for hydroxylation is 1. The van der Waals surface area contributed by atoms with Gasteiger partial charge in [0, 0.05) is 4.47 Å². The van der Waals surface area contributed by atoms with Crippen LogP contribution in [0.2, 0.25) is 0 Å². The average Bonchev–Trinajstić information content (AvgIpc) is 2.08. The summed E-state index contributed by atoms with van der Waals surface area (Å²) in [6.07, 6.45) is 1.87. The standard InChI is InChI=1S/C10H12BrO/c1-3-4-8-5-6-9(11)7-10(8)12-2/h5-7H,1,3-4H2,2H3. The lowest BCUT2D eigenvalue weighted by Crippen LogP contribution is -1.91. The number of halogens is 1. The van der Waals surface area contributed by atoms with Crippen molar-refractivity contribution in [1.82, 2.24) is 0 Å². The lowest BCUT2D eigenvalue weighted by Gasteiger charge is -2.07. The van der Waals surface area contributed by atoms with Gasteiger partial charge in [-0.3, -0.25) is 0 Å². The highest BCUT2D eigenvalue weighted by Gasteiger charge is 2.01. The summed E-state index contributed by atoms with van der Waals surface area (Å²) in [6.45, 7) is 3.81. The number of benzene rings is 1. The summed E-state index contributed by atoms with van der Waals surface area (Å²) >= 11 is 3.39. The molecule has 0 spiro atoms. The molecule has 0 N–H and O–H groups in total. The second-order valence-electron chi connectivity index (χ2n) is 2.56. The Bertz CT molecular complexity index is 258. The molecule has 1 radical (unpaired) electrons. The van der Waals surface area contributed by atoms with Gasteiger partial charge in [0.05, 0.1) is 7.11 Å². The second-order valence-corrected chi connectivity index (χ2v) is 3.48. The fourth-order valence-corrected chi connectivity index (χ4v) is 1.46. The van der Waals surface area contributed by atoms with Crippen LogP contribution in [0.5, 0.6) is 5.75 Å². The molecule has 0 atom stereocenters. The predicted octanol–water partition coefficient (Wildman–Crippen LogP) is 3.22. The molecule has 0 aromatic heterocycles. The first-order valence-electron chi connectivity index (χ1n) is 3.89. The molecule has 12 heavy (non-hydrogen) atoms. The van der Waals surface area contributed by atoms with Crippen LogP contribution in [0.25, 0.3) is 0 Å². The van der Waals surface area contributed by atoms with Gasteiger partial charge in [0.1, 0.15) is 5.75 Å². The molecule has 0 saturated heterocycles. The third kappa shape index (κ3) is 2.24. The summed E-state index contributed by atoms with van der Waals surface area (Å²) in [4.78, 5) is 0. The highest BCUT2D eigenvalue weighted by atomic mass is 79.9. The number of hydrogen-bond acceptors (Lipinski definition) is 1. The lowest BCUT2D eigenvalue weighted by molar-refractivity contribution is 0.409. The van der Waals surface area contributed by atoms with Crippen molar-refractivity contribution in [2.24, 2.45) is 0 Å². The third-order valence-electron chi connectivity index (χ3n) is 1.70. The number of hydrogen-bond donors (Lipinski definition) is 0. The van der Waals surface area contributed by atoms with Crippen LogP contribution in [0.4, 0.5) is 0 Å². The highest BCUT2D eigenvalue weighted by molar-refractivity contribution is 9.10. The van der Waals surface area contributed by atoms with Crippen molar-refractivity contribution in [3.8, 4) is 5.75 Å². The summed E-state index contributed by atoms with van der Waals surface area (Å²) in [6, 6.07) is 6.06. The van der Waals surface area contributed by atoms with Gasteiger partial charge >= 0.3 is 0 Å². The first kappa shape index (κ1) is 9.59. The van der Waals surface area contributed by atoms with Crippen molar-refractivity contribution in [3.05, 3.63) is 35.2 Å². The summed E-state index contributed by atoms with van der Waals surface area (Å²) < 4.78 is 6.27. The Morgan fingerprint density at radius 1 is 1.50 bits per heavy atom. The van der Waals surface area contributed by atoms with Gasteiger partial charge in [0.2, 0.25) is 0 Å². The molecule has 0 aliphatic rings. The van der Waals surface area contributed by atoms with Gasteiger partial charge < -0.3 is 4.74 Å². The fraction of sp³-hybridized carbons (Fsp3) is 0.300. The maximum Gasteiger partial charge on any atom is 0.123 e. The van der Waals surface area contributed by atoms with Crippen molar-refractivity contribution in [2.75, 3.05) is 7.11 Å². The summed E-state index contributed by atoms with van der Waals surface area (Å²) in [5, 5.41) is 0. The zero-order valence-corrected chi connectivity index (χ0v) is 8.73. The first-order chi connectivity index (χ1) is 5.77. The van der Waals surface area contributed by atoms with Gasteiger partial charge in [-0.2, -0.15) is 0 Å². The Labute approximate surface area is 81.9 Å². The Morgan fingerprint density at radius 2 is 2.25 bits per heavy atom. The minimum absolute atomic E-state index is 0.901. The van der Waals surface area contributed by atoms with Crippen LogP contribution < -0.4 is 4.74 Å². The maximum absolute atomic E-state index is 5.22. The molecule has 0 unspecified atom stereocenters. The summed E-state index contributed by atoms with van der Waals surface area (Å²) in [5.74, 6) is 0.938. The van der Waals surface area contributed by atoms with Crippen LogP contribution in [-0.4, -0.2) is 7.11 Å². The van der Waals surface area contributed by atoms with E-state index in [-0.39, 0.29) is 0 Å². The molecule has 0 aliphatic carbocycles. The molecular weight excluding hydrogens is 216 g/mol. The molecule has 1 nitrogen and oxygen atoms in total. The summed E-state index contributed by atoms with van der Waals surface area (Å²) in [5.41, 5.74) is 1.22. The Hall–Kier alpha value is -0.500. The van der Waals surface area contributed by atoms with Gasteiger partial charge in [0.25, 0.3) is 0 Å². The average molecular weight is 228 g/mol. The molecule has 1 rings (SSSR count). The zero-order valence-electron chi connectivity index (χ0n) is 7.14. The van der Waals surface area contributed by atoms with Crippen LogP contribution in [0.15, 0.2) is 22.7 Å². The van der Waals surface area contributed by atoms with Crippen molar-refractivity contribution >= 4 is 15.9 Å². The topological polar surface area (TPSA) is 9.23 Å². The van der Waals surface area contributed by atoms with E-state index in [0.717, 1.165) is 23.1 Å². The van der Waals surface area contributed by atoms with Crippen LogP contribution in [0, 0.1) is 6.92 Å². The Balaban J connectivity index is 2.94. The minimum Gasteiger partial charge on any atom is -0.496 e.